The Bertz CT molecular complexity index is 1150. The minimum atomic E-state index is -0.447. The Labute approximate surface area is 167 Å². The zero-order valence-electron chi connectivity index (χ0n) is 15.3. The van der Waals surface area contributed by atoms with Crippen LogP contribution in [-0.2, 0) is 0 Å². The fourth-order valence-electron chi connectivity index (χ4n) is 3.12. The van der Waals surface area contributed by atoms with Crippen LogP contribution >= 0.6 is 11.6 Å². The van der Waals surface area contributed by atoms with Gasteiger partial charge in [-0.25, -0.2) is 14.4 Å². The lowest BCUT2D eigenvalue weighted by Crippen LogP contribution is -2.03. The molecule has 4 nitrogen and oxygen atoms in total. The third-order valence-electron chi connectivity index (χ3n) is 4.49. The van der Waals surface area contributed by atoms with E-state index in [-0.39, 0.29) is 5.02 Å². The van der Waals surface area contributed by atoms with Crippen molar-refractivity contribution >= 4 is 28.3 Å². The minimum Gasteiger partial charge on any atom is -0.369 e. The number of nitrogens with zero attached hydrogens (tertiary/aromatic N) is 3. The van der Waals surface area contributed by atoms with E-state index in [0.29, 0.717) is 0 Å². The molecular weight excluding hydrogens is 375 g/mol. The summed E-state index contributed by atoms with van der Waals surface area (Å²) in [6.07, 6.45) is 4.29. The Kier molecular flexibility index (Phi) is 5.17. The van der Waals surface area contributed by atoms with E-state index in [9.17, 15) is 4.39 Å². The Morgan fingerprint density at radius 1 is 1.00 bits per heavy atom. The van der Waals surface area contributed by atoms with Gasteiger partial charge >= 0.3 is 0 Å². The molecule has 4 rings (SSSR count). The smallest absolute Gasteiger partial charge is 0.141 e. The zero-order valence-corrected chi connectivity index (χ0v) is 16.0. The van der Waals surface area contributed by atoms with Gasteiger partial charge in [0, 0.05) is 29.3 Å². The van der Waals surface area contributed by atoms with Crippen LogP contribution in [0.25, 0.3) is 33.3 Å². The van der Waals surface area contributed by atoms with Gasteiger partial charge in [-0.05, 0) is 48.4 Å². The van der Waals surface area contributed by atoms with E-state index in [1.807, 2.05) is 24.3 Å². The van der Waals surface area contributed by atoms with Crippen LogP contribution in [0.4, 0.5) is 10.2 Å². The monoisotopic (exact) mass is 392 g/mol. The normalized spacial score (nSPS) is 11.0. The van der Waals surface area contributed by atoms with Gasteiger partial charge < -0.3 is 5.32 Å². The van der Waals surface area contributed by atoms with Crippen molar-refractivity contribution in [3.63, 3.8) is 0 Å². The van der Waals surface area contributed by atoms with Crippen molar-refractivity contribution in [1.82, 2.24) is 15.0 Å². The molecule has 0 saturated carbocycles. The van der Waals surface area contributed by atoms with Crippen LogP contribution in [-0.4, -0.2) is 21.5 Å². The molecule has 2 aromatic heterocycles. The summed E-state index contributed by atoms with van der Waals surface area (Å²) in [6.45, 7) is 2.94. The predicted octanol–water partition coefficient (Wildman–Crippen LogP) is 5.97. The van der Waals surface area contributed by atoms with Crippen LogP contribution in [0.3, 0.4) is 0 Å². The summed E-state index contributed by atoms with van der Waals surface area (Å²) in [6, 6.07) is 14.5. The second-order valence-corrected chi connectivity index (χ2v) is 6.82. The summed E-state index contributed by atoms with van der Waals surface area (Å²) >= 11 is 5.98. The fourth-order valence-corrected chi connectivity index (χ4v) is 3.30. The highest BCUT2D eigenvalue weighted by atomic mass is 35.5. The zero-order chi connectivity index (χ0) is 19.5. The first-order valence-electron chi connectivity index (χ1n) is 9.07. The van der Waals surface area contributed by atoms with E-state index in [1.54, 1.807) is 24.7 Å². The van der Waals surface area contributed by atoms with Crippen molar-refractivity contribution in [2.24, 2.45) is 0 Å². The van der Waals surface area contributed by atoms with Crippen molar-refractivity contribution in [3.8, 4) is 22.4 Å². The molecule has 1 N–H and O–H groups in total. The molecule has 0 bridgehead atoms. The van der Waals surface area contributed by atoms with Crippen molar-refractivity contribution in [2.75, 3.05) is 11.9 Å². The summed E-state index contributed by atoms with van der Waals surface area (Å²) in [7, 11) is 0. The molecule has 2 heterocycles. The van der Waals surface area contributed by atoms with Crippen LogP contribution in [0.5, 0.6) is 0 Å². The topological polar surface area (TPSA) is 50.7 Å². The van der Waals surface area contributed by atoms with Crippen molar-refractivity contribution in [2.45, 2.75) is 13.3 Å². The quantitative estimate of drug-likeness (QED) is 0.454. The molecule has 0 aliphatic rings. The first-order valence-corrected chi connectivity index (χ1v) is 9.44. The fraction of sp³-hybridized carbons (Fsp3) is 0.136. The number of hydrogen-bond donors (Lipinski definition) is 1. The number of nitrogens with one attached hydrogen (secondary N) is 1. The average Bonchev–Trinajstić information content (AvgIpc) is 2.74. The number of hydrogen-bond acceptors (Lipinski definition) is 4. The van der Waals surface area contributed by atoms with E-state index in [4.69, 9.17) is 11.6 Å². The number of aromatic nitrogens is 3. The summed E-state index contributed by atoms with van der Waals surface area (Å²) in [5.74, 6) is 0.362. The van der Waals surface area contributed by atoms with Gasteiger partial charge in [0.2, 0.25) is 0 Å². The Balaban J connectivity index is 1.85. The molecule has 140 valence electrons. The van der Waals surface area contributed by atoms with E-state index in [0.717, 1.165) is 52.1 Å². The lowest BCUT2D eigenvalue weighted by Gasteiger charge is -2.12. The van der Waals surface area contributed by atoms with Crippen molar-refractivity contribution < 1.29 is 4.39 Å². The lowest BCUT2D eigenvalue weighted by molar-refractivity contribution is 0.628. The largest absolute Gasteiger partial charge is 0.369 e. The van der Waals surface area contributed by atoms with Gasteiger partial charge in [0.05, 0.1) is 16.2 Å². The highest BCUT2D eigenvalue weighted by molar-refractivity contribution is 6.31. The van der Waals surface area contributed by atoms with E-state index in [2.05, 4.69) is 33.3 Å². The van der Waals surface area contributed by atoms with E-state index >= 15 is 0 Å². The van der Waals surface area contributed by atoms with Gasteiger partial charge in [-0.1, -0.05) is 30.7 Å². The molecule has 0 aliphatic carbocycles. The van der Waals surface area contributed by atoms with Crippen LogP contribution in [0.2, 0.25) is 5.02 Å². The SMILES string of the molecule is CCCNc1ncnc2ccc(-c3cccnc3-c3ccc(F)c(Cl)c3)cc12. The molecule has 2 aromatic carbocycles. The molecule has 0 atom stereocenters. The number of fused-ring (bicyclic) bond motifs is 1. The molecule has 0 spiro atoms. The third kappa shape index (κ3) is 3.53. The summed E-state index contributed by atoms with van der Waals surface area (Å²) in [4.78, 5) is 13.3. The number of anilines is 1. The lowest BCUT2D eigenvalue weighted by atomic mass is 9.98. The minimum absolute atomic E-state index is 0.0760. The van der Waals surface area contributed by atoms with Gasteiger partial charge in [0.25, 0.3) is 0 Å². The molecule has 0 aliphatic heterocycles. The van der Waals surface area contributed by atoms with Gasteiger partial charge in [-0.3, -0.25) is 4.98 Å². The maximum atomic E-state index is 13.6. The first-order chi connectivity index (χ1) is 13.7. The molecule has 0 saturated heterocycles. The number of pyridine rings is 1. The molecule has 0 amide bonds. The molecule has 0 fully saturated rings. The van der Waals surface area contributed by atoms with Crippen LogP contribution < -0.4 is 5.32 Å². The molecule has 4 aromatic rings. The molecular formula is C22H18ClFN4. The maximum Gasteiger partial charge on any atom is 0.141 e. The Morgan fingerprint density at radius 3 is 2.68 bits per heavy atom. The second-order valence-electron chi connectivity index (χ2n) is 6.41. The Morgan fingerprint density at radius 2 is 1.86 bits per heavy atom. The van der Waals surface area contributed by atoms with Crippen LogP contribution in [0.1, 0.15) is 13.3 Å². The maximum absolute atomic E-state index is 13.6. The molecule has 0 radical (unpaired) electrons. The van der Waals surface area contributed by atoms with Crippen LogP contribution in [0.15, 0.2) is 61.1 Å². The second kappa shape index (κ2) is 7.90. The van der Waals surface area contributed by atoms with Crippen molar-refractivity contribution in [1.29, 1.82) is 0 Å². The van der Waals surface area contributed by atoms with E-state index < -0.39 is 5.82 Å². The standard InChI is InChI=1S/C22H18ClFN4/c1-2-9-26-22-17-11-14(6-8-20(17)27-13-28-22)16-4-3-10-25-21(16)15-5-7-19(24)18(23)12-15/h3-8,10-13H,2,9H2,1H3,(H,26,27,28). The van der Waals surface area contributed by atoms with Gasteiger partial charge in [0.1, 0.15) is 18.0 Å². The van der Waals surface area contributed by atoms with Crippen molar-refractivity contribution in [3.05, 3.63) is 71.9 Å². The average molecular weight is 393 g/mol. The van der Waals surface area contributed by atoms with Crippen LogP contribution in [0, 0.1) is 5.82 Å². The number of halogens is 2. The Hall–Kier alpha value is -3.05. The number of rotatable bonds is 5. The molecule has 28 heavy (non-hydrogen) atoms. The molecule has 0 unspecified atom stereocenters. The highest BCUT2D eigenvalue weighted by Crippen LogP contribution is 2.34. The summed E-state index contributed by atoms with van der Waals surface area (Å²) in [5, 5.41) is 4.37. The number of benzene rings is 2. The van der Waals surface area contributed by atoms with Gasteiger partial charge in [-0.15, -0.1) is 0 Å². The first kappa shape index (κ1) is 18.3. The van der Waals surface area contributed by atoms with Gasteiger partial charge in [0.15, 0.2) is 0 Å². The summed E-state index contributed by atoms with van der Waals surface area (Å²) in [5.41, 5.74) is 4.27. The molecule has 6 heteroatoms. The summed E-state index contributed by atoms with van der Waals surface area (Å²) < 4.78 is 13.6. The van der Waals surface area contributed by atoms with E-state index in [1.165, 1.54) is 6.07 Å². The highest BCUT2D eigenvalue weighted by Gasteiger charge is 2.12. The third-order valence-corrected chi connectivity index (χ3v) is 4.78. The predicted molar refractivity (Wildman–Crippen MR) is 112 cm³/mol. The van der Waals surface area contributed by atoms with Gasteiger partial charge in [-0.2, -0.15) is 0 Å².